The fourth-order valence-corrected chi connectivity index (χ4v) is 4.04. The predicted octanol–water partition coefficient (Wildman–Crippen LogP) is 5.62. The van der Waals surface area contributed by atoms with Crippen molar-refractivity contribution < 1.29 is 9.53 Å². The molecule has 1 aromatic heterocycles. The van der Waals surface area contributed by atoms with Crippen LogP contribution in [-0.4, -0.2) is 39.2 Å². The monoisotopic (exact) mass is 505 g/mol. The van der Waals surface area contributed by atoms with Gasteiger partial charge in [0.05, 0.1) is 18.6 Å². The molecule has 0 fully saturated rings. The van der Waals surface area contributed by atoms with Crippen molar-refractivity contribution in [2.75, 3.05) is 12.4 Å². The van der Waals surface area contributed by atoms with Gasteiger partial charge in [0, 0.05) is 16.3 Å². The lowest BCUT2D eigenvalue weighted by Crippen LogP contribution is -2.20. The smallest absolute Gasteiger partial charge is 0.250 e. The summed E-state index contributed by atoms with van der Waals surface area (Å²) in [6, 6.07) is 24.7. The van der Waals surface area contributed by atoms with Gasteiger partial charge in [-0.3, -0.25) is 9.36 Å². The van der Waals surface area contributed by atoms with E-state index in [9.17, 15) is 4.79 Å². The number of benzene rings is 3. The third kappa shape index (κ3) is 6.71. The molecule has 0 aliphatic carbocycles. The molecule has 1 amide bonds. The Morgan fingerprint density at radius 3 is 2.51 bits per heavy atom. The Morgan fingerprint density at radius 2 is 1.80 bits per heavy atom. The third-order valence-electron chi connectivity index (χ3n) is 4.84. The van der Waals surface area contributed by atoms with E-state index in [1.807, 2.05) is 83.4 Å². The zero-order chi connectivity index (χ0) is 24.5. The fraction of sp³-hybridized carbons (Fsp3) is 0.154. The number of para-hydroxylation sites is 1. The minimum absolute atomic E-state index is 0.132. The molecule has 0 atom stereocenters. The largest absolute Gasteiger partial charge is 0.494 e. The van der Waals surface area contributed by atoms with Crippen LogP contribution in [0.5, 0.6) is 5.75 Å². The Labute approximate surface area is 213 Å². The van der Waals surface area contributed by atoms with E-state index in [0.717, 1.165) is 29.0 Å². The summed E-state index contributed by atoms with van der Waals surface area (Å²) in [5.74, 6) is 1.36. The molecule has 3 aromatic carbocycles. The number of thioether (sulfide) groups is 1. The molecular weight excluding hydrogens is 482 g/mol. The molecule has 0 aliphatic heterocycles. The van der Waals surface area contributed by atoms with Crippen molar-refractivity contribution in [1.82, 2.24) is 20.2 Å². The summed E-state index contributed by atoms with van der Waals surface area (Å²) in [4.78, 5) is 12.4. The standard InChI is InChI=1S/C26H24ClN5O2S/c1-2-16-34-23-14-8-19(9-15-23)17-28-29-24(33)18-35-26-31-30-25(20-10-12-21(27)13-11-20)32(26)22-6-4-3-5-7-22/h3-15,17H,2,16,18H2,1H3,(H,29,33). The first kappa shape index (κ1) is 24.5. The van der Waals surface area contributed by atoms with Gasteiger partial charge in [0.2, 0.25) is 0 Å². The summed E-state index contributed by atoms with van der Waals surface area (Å²) in [5.41, 5.74) is 5.19. The molecule has 0 spiro atoms. The lowest BCUT2D eigenvalue weighted by atomic mass is 10.2. The third-order valence-corrected chi connectivity index (χ3v) is 6.02. The van der Waals surface area contributed by atoms with Crippen LogP contribution in [0.1, 0.15) is 18.9 Å². The van der Waals surface area contributed by atoms with Gasteiger partial charge in [0.25, 0.3) is 5.91 Å². The summed E-state index contributed by atoms with van der Waals surface area (Å²) in [6.07, 6.45) is 2.55. The summed E-state index contributed by atoms with van der Waals surface area (Å²) in [7, 11) is 0. The van der Waals surface area contributed by atoms with Crippen LogP contribution in [0.3, 0.4) is 0 Å². The Kier molecular flexibility index (Phi) is 8.53. The maximum atomic E-state index is 12.4. The second kappa shape index (κ2) is 12.2. The summed E-state index contributed by atoms with van der Waals surface area (Å²) >= 11 is 7.33. The topological polar surface area (TPSA) is 81.4 Å². The number of carbonyl (C=O) groups excluding carboxylic acids is 1. The van der Waals surface area contributed by atoms with Gasteiger partial charge >= 0.3 is 0 Å². The minimum Gasteiger partial charge on any atom is -0.494 e. The molecule has 0 saturated carbocycles. The Balaban J connectivity index is 1.41. The van der Waals surface area contributed by atoms with Gasteiger partial charge in [-0.25, -0.2) is 5.43 Å². The van der Waals surface area contributed by atoms with Crippen molar-refractivity contribution in [3.63, 3.8) is 0 Å². The number of nitrogens with zero attached hydrogens (tertiary/aromatic N) is 4. The molecule has 7 nitrogen and oxygen atoms in total. The zero-order valence-electron chi connectivity index (χ0n) is 19.1. The van der Waals surface area contributed by atoms with Gasteiger partial charge in [0.15, 0.2) is 11.0 Å². The lowest BCUT2D eigenvalue weighted by molar-refractivity contribution is -0.118. The Morgan fingerprint density at radius 1 is 1.06 bits per heavy atom. The van der Waals surface area contributed by atoms with Crippen molar-refractivity contribution in [2.45, 2.75) is 18.5 Å². The Bertz CT molecular complexity index is 1280. The average Bonchev–Trinajstić information content (AvgIpc) is 3.32. The Hall–Kier alpha value is -3.62. The van der Waals surface area contributed by atoms with Crippen molar-refractivity contribution >= 4 is 35.5 Å². The second-order valence-electron chi connectivity index (χ2n) is 7.48. The quantitative estimate of drug-likeness (QED) is 0.172. The van der Waals surface area contributed by atoms with Crippen molar-refractivity contribution in [1.29, 1.82) is 0 Å². The molecule has 178 valence electrons. The number of rotatable bonds is 10. The van der Waals surface area contributed by atoms with Gasteiger partial charge in [-0.2, -0.15) is 5.10 Å². The zero-order valence-corrected chi connectivity index (χ0v) is 20.7. The molecule has 1 heterocycles. The summed E-state index contributed by atoms with van der Waals surface area (Å²) in [6.45, 7) is 2.74. The number of carbonyl (C=O) groups is 1. The normalized spacial score (nSPS) is 11.0. The van der Waals surface area contributed by atoms with E-state index in [-0.39, 0.29) is 11.7 Å². The van der Waals surface area contributed by atoms with E-state index in [2.05, 4.69) is 27.6 Å². The fourth-order valence-electron chi connectivity index (χ4n) is 3.17. The number of aromatic nitrogens is 3. The van der Waals surface area contributed by atoms with E-state index >= 15 is 0 Å². The van der Waals surface area contributed by atoms with Crippen LogP contribution in [0.15, 0.2) is 89.1 Å². The van der Waals surface area contributed by atoms with Crippen molar-refractivity contribution in [3.05, 3.63) is 89.4 Å². The molecule has 35 heavy (non-hydrogen) atoms. The van der Waals surface area contributed by atoms with Gasteiger partial charge in [0.1, 0.15) is 5.75 Å². The van der Waals surface area contributed by atoms with Crippen molar-refractivity contribution in [2.24, 2.45) is 5.10 Å². The molecule has 0 unspecified atom stereocenters. The number of amides is 1. The van der Waals surface area contributed by atoms with E-state index < -0.39 is 0 Å². The molecule has 4 aromatic rings. The number of hydrogen-bond donors (Lipinski definition) is 1. The lowest BCUT2D eigenvalue weighted by Gasteiger charge is -2.10. The average molecular weight is 506 g/mol. The maximum Gasteiger partial charge on any atom is 0.250 e. The summed E-state index contributed by atoms with van der Waals surface area (Å²) < 4.78 is 7.49. The van der Waals surface area contributed by atoms with Crippen LogP contribution >= 0.6 is 23.4 Å². The molecule has 0 radical (unpaired) electrons. The molecule has 9 heteroatoms. The van der Waals surface area contributed by atoms with Gasteiger partial charge in [-0.15, -0.1) is 10.2 Å². The van der Waals surface area contributed by atoms with Gasteiger partial charge in [-0.05, 0) is 72.6 Å². The number of ether oxygens (including phenoxy) is 1. The molecular formula is C26H24ClN5O2S. The van der Waals surface area contributed by atoms with Crippen LogP contribution in [0.4, 0.5) is 0 Å². The number of halogens is 1. The molecule has 4 rings (SSSR count). The highest BCUT2D eigenvalue weighted by Gasteiger charge is 2.17. The van der Waals surface area contributed by atoms with Crippen molar-refractivity contribution in [3.8, 4) is 22.8 Å². The van der Waals surface area contributed by atoms with Crippen LogP contribution in [0.2, 0.25) is 5.02 Å². The van der Waals surface area contributed by atoms with Crippen LogP contribution in [-0.2, 0) is 4.79 Å². The van der Waals surface area contributed by atoms with Gasteiger partial charge in [-0.1, -0.05) is 48.5 Å². The van der Waals surface area contributed by atoms with Crippen LogP contribution < -0.4 is 10.2 Å². The maximum absolute atomic E-state index is 12.4. The van der Waals surface area contributed by atoms with Crippen LogP contribution in [0.25, 0.3) is 17.1 Å². The first-order chi connectivity index (χ1) is 17.1. The second-order valence-corrected chi connectivity index (χ2v) is 8.86. The molecule has 1 N–H and O–H groups in total. The van der Waals surface area contributed by atoms with Crippen LogP contribution in [0, 0.1) is 0 Å². The summed E-state index contributed by atoms with van der Waals surface area (Å²) in [5, 5.41) is 14.0. The molecule has 0 bridgehead atoms. The van der Waals surface area contributed by atoms with E-state index in [4.69, 9.17) is 16.3 Å². The van der Waals surface area contributed by atoms with E-state index in [1.54, 1.807) is 6.21 Å². The number of hydrogen-bond acceptors (Lipinski definition) is 6. The van der Waals surface area contributed by atoms with E-state index in [0.29, 0.717) is 22.6 Å². The highest BCUT2D eigenvalue weighted by atomic mass is 35.5. The number of nitrogens with one attached hydrogen (secondary N) is 1. The first-order valence-electron chi connectivity index (χ1n) is 11.1. The predicted molar refractivity (Wildman–Crippen MR) is 140 cm³/mol. The SMILES string of the molecule is CCCOc1ccc(C=NNC(=O)CSc2nnc(-c3ccc(Cl)cc3)n2-c2ccccc2)cc1. The molecule has 0 aliphatic rings. The first-order valence-corrected chi connectivity index (χ1v) is 12.4. The van der Waals surface area contributed by atoms with E-state index in [1.165, 1.54) is 11.8 Å². The highest BCUT2D eigenvalue weighted by molar-refractivity contribution is 7.99. The number of hydrazone groups is 1. The molecule has 0 saturated heterocycles. The van der Waals surface area contributed by atoms with Gasteiger partial charge < -0.3 is 4.74 Å². The highest BCUT2D eigenvalue weighted by Crippen LogP contribution is 2.28. The minimum atomic E-state index is -0.246.